The summed E-state index contributed by atoms with van der Waals surface area (Å²) >= 11 is 0. The van der Waals surface area contributed by atoms with E-state index in [0.717, 1.165) is 28.7 Å². The highest BCUT2D eigenvalue weighted by Crippen LogP contribution is 2.16. The number of aryl methyl sites for hydroxylation is 2. The van der Waals surface area contributed by atoms with E-state index in [0.29, 0.717) is 6.54 Å². The molecule has 2 rings (SSSR count). The van der Waals surface area contributed by atoms with Gasteiger partial charge in [0.1, 0.15) is 11.9 Å². The predicted molar refractivity (Wildman–Crippen MR) is 109 cm³/mol. The summed E-state index contributed by atoms with van der Waals surface area (Å²) in [6, 6.07) is 11.4. The maximum Gasteiger partial charge on any atom is 0.242 e. The molecule has 2 amide bonds. The second-order valence-corrected chi connectivity index (χ2v) is 7.22. The molecule has 0 radical (unpaired) electrons. The molecule has 150 valence electrons. The molecule has 0 saturated heterocycles. The minimum absolute atomic E-state index is 0.128. The first-order chi connectivity index (χ1) is 13.3. The molecule has 0 aliphatic carbocycles. The molecule has 0 aromatic heterocycles. The van der Waals surface area contributed by atoms with Crippen LogP contribution in [0.5, 0.6) is 0 Å². The van der Waals surface area contributed by atoms with Crippen molar-refractivity contribution >= 4 is 11.8 Å². The van der Waals surface area contributed by atoms with E-state index in [-0.39, 0.29) is 30.6 Å². The van der Waals surface area contributed by atoms with Gasteiger partial charge in [-0.05, 0) is 56.0 Å². The van der Waals surface area contributed by atoms with Crippen molar-refractivity contribution in [3.8, 4) is 0 Å². The number of rotatable bonds is 8. The Balaban J connectivity index is 2.24. The summed E-state index contributed by atoms with van der Waals surface area (Å²) in [5.74, 6) is -0.638. The van der Waals surface area contributed by atoms with Crippen molar-refractivity contribution in [2.45, 2.75) is 53.1 Å². The van der Waals surface area contributed by atoms with Gasteiger partial charge in [-0.2, -0.15) is 0 Å². The van der Waals surface area contributed by atoms with E-state index in [2.05, 4.69) is 5.32 Å². The van der Waals surface area contributed by atoms with Gasteiger partial charge in [0.25, 0.3) is 0 Å². The molecule has 0 bridgehead atoms. The van der Waals surface area contributed by atoms with E-state index in [1.54, 1.807) is 24.0 Å². The van der Waals surface area contributed by atoms with Crippen LogP contribution in [0, 0.1) is 19.7 Å². The van der Waals surface area contributed by atoms with Crippen LogP contribution in [0.3, 0.4) is 0 Å². The maximum atomic E-state index is 13.2. The van der Waals surface area contributed by atoms with Crippen LogP contribution in [0.2, 0.25) is 0 Å². The van der Waals surface area contributed by atoms with Crippen LogP contribution in [0.25, 0.3) is 0 Å². The minimum Gasteiger partial charge on any atom is -0.354 e. The number of carbonyl (C=O) groups is 2. The molecule has 2 aromatic carbocycles. The van der Waals surface area contributed by atoms with Crippen molar-refractivity contribution in [3.05, 3.63) is 70.5 Å². The number of halogens is 1. The number of hydrogen-bond acceptors (Lipinski definition) is 2. The normalized spacial score (nSPS) is 11.8. The SMILES string of the molecule is CCCNC(=O)[C@@H](C)N(Cc1ccc(F)cc1)C(=O)Cc1cc(C)ccc1C. The van der Waals surface area contributed by atoms with Crippen LogP contribution in [-0.4, -0.2) is 29.3 Å². The zero-order valence-corrected chi connectivity index (χ0v) is 17.1. The van der Waals surface area contributed by atoms with Crippen molar-refractivity contribution in [2.24, 2.45) is 0 Å². The second kappa shape index (κ2) is 10.0. The molecule has 0 fully saturated rings. The molecule has 2 aromatic rings. The standard InChI is InChI=1S/C23H29FN2O2/c1-5-12-25-23(28)18(4)26(15-19-8-10-21(24)11-9-19)22(27)14-20-13-16(2)6-7-17(20)3/h6-11,13,18H,5,12,14-15H2,1-4H3,(H,25,28)/t18-/m1/s1. The predicted octanol–water partition coefficient (Wildman–Crippen LogP) is 3.93. The Labute approximate surface area is 166 Å². The number of hydrogen-bond donors (Lipinski definition) is 1. The number of nitrogens with one attached hydrogen (secondary N) is 1. The van der Waals surface area contributed by atoms with Crippen LogP contribution in [-0.2, 0) is 22.6 Å². The van der Waals surface area contributed by atoms with Crippen LogP contribution < -0.4 is 5.32 Å². The summed E-state index contributed by atoms with van der Waals surface area (Å²) in [5, 5.41) is 2.85. The Morgan fingerprint density at radius 2 is 1.79 bits per heavy atom. The largest absolute Gasteiger partial charge is 0.354 e. The van der Waals surface area contributed by atoms with Gasteiger partial charge in [-0.25, -0.2) is 4.39 Å². The number of benzene rings is 2. The molecule has 0 spiro atoms. The molecule has 0 unspecified atom stereocenters. The van der Waals surface area contributed by atoms with E-state index in [1.165, 1.54) is 12.1 Å². The van der Waals surface area contributed by atoms with Crippen molar-refractivity contribution in [1.82, 2.24) is 10.2 Å². The van der Waals surface area contributed by atoms with E-state index in [4.69, 9.17) is 0 Å². The Morgan fingerprint density at radius 3 is 2.43 bits per heavy atom. The molecule has 0 aliphatic rings. The van der Waals surface area contributed by atoms with E-state index in [9.17, 15) is 14.0 Å². The smallest absolute Gasteiger partial charge is 0.242 e. The molecular formula is C23H29FN2O2. The average Bonchev–Trinajstić information content (AvgIpc) is 2.67. The third-order valence-corrected chi connectivity index (χ3v) is 4.83. The summed E-state index contributed by atoms with van der Waals surface area (Å²) in [5.41, 5.74) is 3.87. The Morgan fingerprint density at radius 1 is 1.11 bits per heavy atom. The van der Waals surface area contributed by atoms with Gasteiger partial charge in [-0.15, -0.1) is 0 Å². The second-order valence-electron chi connectivity index (χ2n) is 7.22. The van der Waals surface area contributed by atoms with Crippen LogP contribution in [0.1, 0.15) is 42.5 Å². The van der Waals surface area contributed by atoms with Gasteiger partial charge in [0.2, 0.25) is 11.8 Å². The van der Waals surface area contributed by atoms with E-state index >= 15 is 0 Å². The minimum atomic E-state index is -0.616. The van der Waals surface area contributed by atoms with Crippen LogP contribution >= 0.6 is 0 Å². The number of nitrogens with zero attached hydrogens (tertiary/aromatic N) is 1. The van der Waals surface area contributed by atoms with Gasteiger partial charge in [-0.3, -0.25) is 9.59 Å². The van der Waals surface area contributed by atoms with Gasteiger partial charge < -0.3 is 10.2 Å². The fourth-order valence-electron chi connectivity index (χ4n) is 3.02. The lowest BCUT2D eigenvalue weighted by Gasteiger charge is -2.29. The third kappa shape index (κ3) is 5.91. The van der Waals surface area contributed by atoms with E-state index in [1.807, 2.05) is 39.0 Å². The summed E-state index contributed by atoms with van der Waals surface area (Å²) in [6.07, 6.45) is 1.05. The number of carbonyl (C=O) groups excluding carboxylic acids is 2. The quantitative estimate of drug-likeness (QED) is 0.750. The van der Waals surface area contributed by atoms with Gasteiger partial charge in [0.05, 0.1) is 6.42 Å². The molecule has 0 aliphatic heterocycles. The Hall–Kier alpha value is -2.69. The first-order valence-corrected chi connectivity index (χ1v) is 9.69. The molecule has 1 N–H and O–H groups in total. The van der Waals surface area contributed by atoms with Crippen molar-refractivity contribution in [3.63, 3.8) is 0 Å². The monoisotopic (exact) mass is 384 g/mol. The highest BCUT2D eigenvalue weighted by molar-refractivity contribution is 5.88. The lowest BCUT2D eigenvalue weighted by atomic mass is 10.0. The Kier molecular flexibility index (Phi) is 7.73. The van der Waals surface area contributed by atoms with Crippen LogP contribution in [0.4, 0.5) is 4.39 Å². The van der Waals surface area contributed by atoms with E-state index < -0.39 is 6.04 Å². The van der Waals surface area contributed by atoms with Crippen molar-refractivity contribution in [1.29, 1.82) is 0 Å². The van der Waals surface area contributed by atoms with Crippen molar-refractivity contribution < 1.29 is 14.0 Å². The van der Waals surface area contributed by atoms with Crippen LogP contribution in [0.15, 0.2) is 42.5 Å². The summed E-state index contributed by atoms with van der Waals surface area (Å²) < 4.78 is 13.2. The summed E-state index contributed by atoms with van der Waals surface area (Å²) in [7, 11) is 0. The molecule has 1 atom stereocenters. The van der Waals surface area contributed by atoms with Gasteiger partial charge in [0.15, 0.2) is 0 Å². The molecule has 4 nitrogen and oxygen atoms in total. The summed E-state index contributed by atoms with van der Waals surface area (Å²) in [4.78, 5) is 27.2. The first-order valence-electron chi connectivity index (χ1n) is 9.69. The van der Waals surface area contributed by atoms with Crippen molar-refractivity contribution in [2.75, 3.05) is 6.54 Å². The molecule has 28 heavy (non-hydrogen) atoms. The molecule has 5 heteroatoms. The number of amides is 2. The Bertz CT molecular complexity index is 818. The zero-order chi connectivity index (χ0) is 20.7. The molecule has 0 heterocycles. The highest BCUT2D eigenvalue weighted by Gasteiger charge is 2.26. The third-order valence-electron chi connectivity index (χ3n) is 4.83. The lowest BCUT2D eigenvalue weighted by molar-refractivity contribution is -0.140. The highest BCUT2D eigenvalue weighted by atomic mass is 19.1. The molecular weight excluding hydrogens is 355 g/mol. The van der Waals surface area contributed by atoms with Gasteiger partial charge in [0, 0.05) is 13.1 Å². The first kappa shape index (κ1) is 21.6. The fourth-order valence-corrected chi connectivity index (χ4v) is 3.02. The average molecular weight is 384 g/mol. The van der Waals surface area contributed by atoms with Gasteiger partial charge >= 0.3 is 0 Å². The summed E-state index contributed by atoms with van der Waals surface area (Å²) in [6.45, 7) is 8.50. The zero-order valence-electron chi connectivity index (χ0n) is 17.1. The topological polar surface area (TPSA) is 49.4 Å². The lowest BCUT2D eigenvalue weighted by Crippen LogP contribution is -2.48. The molecule has 0 saturated carbocycles. The fraction of sp³-hybridized carbons (Fsp3) is 0.391. The maximum absolute atomic E-state index is 13.2. The van der Waals surface area contributed by atoms with Gasteiger partial charge in [-0.1, -0.05) is 42.8 Å².